The number of ether oxygens (including phenoxy) is 2. The van der Waals surface area contributed by atoms with Crippen molar-refractivity contribution in [3.63, 3.8) is 0 Å². The van der Waals surface area contributed by atoms with Gasteiger partial charge in [0.1, 0.15) is 41.5 Å². The van der Waals surface area contributed by atoms with Gasteiger partial charge in [-0.3, -0.25) is 9.36 Å². The molecule has 1 aliphatic heterocycles. The van der Waals surface area contributed by atoms with Crippen LogP contribution in [-0.4, -0.2) is 52.7 Å². The van der Waals surface area contributed by atoms with Crippen LogP contribution in [0.4, 0.5) is 11.5 Å². The number of aromatic nitrogens is 4. The number of amides is 1. The lowest BCUT2D eigenvalue weighted by Gasteiger charge is -2.27. The summed E-state index contributed by atoms with van der Waals surface area (Å²) in [6, 6.07) is 7.10. The summed E-state index contributed by atoms with van der Waals surface area (Å²) < 4.78 is 12.2. The number of nitrogens with one attached hydrogen (secondary N) is 1. The van der Waals surface area contributed by atoms with E-state index in [-0.39, 0.29) is 11.6 Å². The summed E-state index contributed by atoms with van der Waals surface area (Å²) in [5.41, 5.74) is 0.804. The highest BCUT2D eigenvalue weighted by Gasteiger charge is 2.16. The molecule has 0 saturated carbocycles. The van der Waals surface area contributed by atoms with Crippen LogP contribution in [-0.2, 0) is 0 Å². The second kappa shape index (κ2) is 8.81. The van der Waals surface area contributed by atoms with Crippen molar-refractivity contribution in [3.8, 4) is 17.3 Å². The second-order valence-electron chi connectivity index (χ2n) is 6.97. The summed E-state index contributed by atoms with van der Waals surface area (Å²) in [6.45, 7) is 2.00. The molecule has 0 aliphatic carbocycles. The third-order valence-electron chi connectivity index (χ3n) is 5.05. The highest BCUT2D eigenvalue weighted by molar-refractivity contribution is 6.03. The summed E-state index contributed by atoms with van der Waals surface area (Å²) in [6.07, 6.45) is 8.36. The van der Waals surface area contributed by atoms with Gasteiger partial charge < -0.3 is 19.7 Å². The minimum Gasteiger partial charge on any atom is -0.497 e. The predicted molar refractivity (Wildman–Crippen MR) is 113 cm³/mol. The van der Waals surface area contributed by atoms with Crippen molar-refractivity contribution < 1.29 is 14.3 Å². The zero-order valence-electron chi connectivity index (χ0n) is 17.0. The first kappa shape index (κ1) is 19.7. The van der Waals surface area contributed by atoms with Crippen LogP contribution < -0.4 is 19.7 Å². The van der Waals surface area contributed by atoms with E-state index in [2.05, 4.69) is 25.2 Å². The molecule has 9 nitrogen and oxygen atoms in total. The van der Waals surface area contributed by atoms with Crippen molar-refractivity contribution in [2.24, 2.45) is 0 Å². The molecule has 0 radical (unpaired) electrons. The van der Waals surface area contributed by atoms with Crippen LogP contribution in [0.1, 0.15) is 29.8 Å². The summed E-state index contributed by atoms with van der Waals surface area (Å²) in [5.74, 6) is 2.36. The van der Waals surface area contributed by atoms with E-state index in [9.17, 15) is 4.79 Å². The van der Waals surface area contributed by atoms with Gasteiger partial charge in [-0.05, 0) is 31.4 Å². The quantitative estimate of drug-likeness (QED) is 0.670. The lowest BCUT2D eigenvalue weighted by Crippen LogP contribution is -2.30. The summed E-state index contributed by atoms with van der Waals surface area (Å²) in [4.78, 5) is 27.9. The SMILES string of the molecule is COc1ccc(NC(=O)c2cn(-c3cc(N4CCCCC4)ncn3)cn2)c(OC)c1. The average Bonchev–Trinajstić information content (AvgIpc) is 3.30. The highest BCUT2D eigenvalue weighted by atomic mass is 16.5. The molecule has 1 aliphatic rings. The topological polar surface area (TPSA) is 94.4 Å². The smallest absolute Gasteiger partial charge is 0.275 e. The average molecular weight is 408 g/mol. The van der Waals surface area contributed by atoms with Crippen molar-refractivity contribution >= 4 is 17.4 Å². The fourth-order valence-electron chi connectivity index (χ4n) is 3.43. The van der Waals surface area contributed by atoms with Gasteiger partial charge in [0.05, 0.1) is 19.9 Å². The number of hydrogen-bond donors (Lipinski definition) is 1. The van der Waals surface area contributed by atoms with E-state index in [4.69, 9.17) is 9.47 Å². The molecule has 30 heavy (non-hydrogen) atoms. The van der Waals surface area contributed by atoms with Crippen LogP contribution in [0.3, 0.4) is 0 Å². The molecule has 1 saturated heterocycles. The number of piperidine rings is 1. The summed E-state index contributed by atoms with van der Waals surface area (Å²) in [5, 5.41) is 2.82. The number of nitrogens with zero attached hydrogens (tertiary/aromatic N) is 5. The van der Waals surface area contributed by atoms with E-state index in [1.807, 2.05) is 6.07 Å². The monoisotopic (exact) mass is 408 g/mol. The number of rotatable bonds is 6. The number of anilines is 2. The number of benzene rings is 1. The van der Waals surface area contributed by atoms with E-state index in [0.717, 1.165) is 18.9 Å². The van der Waals surface area contributed by atoms with Crippen molar-refractivity contribution in [2.45, 2.75) is 19.3 Å². The van der Waals surface area contributed by atoms with Gasteiger partial charge in [-0.2, -0.15) is 0 Å². The van der Waals surface area contributed by atoms with Gasteiger partial charge in [0.25, 0.3) is 5.91 Å². The predicted octanol–water partition coefficient (Wildman–Crippen LogP) is 2.92. The number of hydrogen-bond acceptors (Lipinski definition) is 7. The Morgan fingerprint density at radius 2 is 1.80 bits per heavy atom. The zero-order chi connectivity index (χ0) is 20.9. The van der Waals surface area contributed by atoms with Crippen LogP contribution in [0.5, 0.6) is 11.5 Å². The van der Waals surface area contributed by atoms with Crippen LogP contribution in [0.2, 0.25) is 0 Å². The molecule has 9 heteroatoms. The standard InChI is InChI=1S/C21H24N6O3/c1-29-15-6-7-16(18(10-15)30-2)25-21(28)17-12-27(14-24-17)20-11-19(22-13-23-20)26-8-4-3-5-9-26/h6-7,10-14H,3-5,8-9H2,1-2H3,(H,25,28). The Balaban J connectivity index is 1.51. The molecule has 4 rings (SSSR count). The molecule has 0 bridgehead atoms. The lowest BCUT2D eigenvalue weighted by molar-refractivity contribution is 0.102. The second-order valence-corrected chi connectivity index (χ2v) is 6.97. The Bertz CT molecular complexity index is 1030. The molecule has 156 valence electrons. The molecule has 0 spiro atoms. The molecule has 2 aromatic heterocycles. The molecule has 3 aromatic rings. The van der Waals surface area contributed by atoms with E-state index in [0.29, 0.717) is 23.0 Å². The molecule has 1 amide bonds. The third kappa shape index (κ3) is 4.19. The van der Waals surface area contributed by atoms with Crippen LogP contribution in [0.15, 0.2) is 43.1 Å². The first-order valence-electron chi connectivity index (χ1n) is 9.82. The summed E-state index contributed by atoms with van der Waals surface area (Å²) >= 11 is 0. The molecule has 3 heterocycles. The molecular weight excluding hydrogens is 384 g/mol. The Morgan fingerprint density at radius 3 is 2.57 bits per heavy atom. The maximum atomic E-state index is 12.7. The van der Waals surface area contributed by atoms with Gasteiger partial charge in [0.2, 0.25) is 0 Å². The van der Waals surface area contributed by atoms with Crippen LogP contribution in [0.25, 0.3) is 5.82 Å². The molecule has 0 atom stereocenters. The fraction of sp³-hybridized carbons (Fsp3) is 0.333. The third-order valence-corrected chi connectivity index (χ3v) is 5.05. The Hall–Kier alpha value is -3.62. The zero-order valence-corrected chi connectivity index (χ0v) is 17.0. The molecule has 1 aromatic carbocycles. The normalized spacial score (nSPS) is 13.7. The van der Waals surface area contributed by atoms with Gasteiger partial charge in [-0.15, -0.1) is 0 Å². The minimum atomic E-state index is -0.345. The molecule has 0 unspecified atom stereocenters. The number of carbonyl (C=O) groups is 1. The lowest BCUT2D eigenvalue weighted by atomic mass is 10.1. The van der Waals surface area contributed by atoms with Crippen molar-refractivity contribution in [2.75, 3.05) is 37.5 Å². The van der Waals surface area contributed by atoms with Crippen molar-refractivity contribution in [1.29, 1.82) is 0 Å². The number of imidazole rings is 1. The first-order valence-corrected chi connectivity index (χ1v) is 9.82. The van der Waals surface area contributed by atoms with Crippen molar-refractivity contribution in [1.82, 2.24) is 19.5 Å². The number of methoxy groups -OCH3 is 2. The van der Waals surface area contributed by atoms with Crippen molar-refractivity contribution in [3.05, 3.63) is 48.8 Å². The maximum Gasteiger partial charge on any atom is 0.275 e. The van der Waals surface area contributed by atoms with Gasteiger partial charge in [0, 0.05) is 31.4 Å². The van der Waals surface area contributed by atoms with E-state index in [1.54, 1.807) is 48.7 Å². The van der Waals surface area contributed by atoms with Gasteiger partial charge in [-0.25, -0.2) is 15.0 Å². The Labute approximate surface area is 174 Å². The van der Waals surface area contributed by atoms with Gasteiger partial charge in [0.15, 0.2) is 0 Å². The minimum absolute atomic E-state index is 0.269. The first-order chi connectivity index (χ1) is 14.7. The van der Waals surface area contributed by atoms with E-state index >= 15 is 0 Å². The van der Waals surface area contributed by atoms with Gasteiger partial charge >= 0.3 is 0 Å². The number of carbonyl (C=O) groups excluding carboxylic acids is 1. The highest BCUT2D eigenvalue weighted by Crippen LogP contribution is 2.29. The maximum absolute atomic E-state index is 12.7. The largest absolute Gasteiger partial charge is 0.497 e. The van der Waals surface area contributed by atoms with Gasteiger partial charge in [-0.1, -0.05) is 0 Å². The van der Waals surface area contributed by atoms with Crippen LogP contribution >= 0.6 is 0 Å². The van der Waals surface area contributed by atoms with Crippen LogP contribution in [0, 0.1) is 0 Å². The Kier molecular flexibility index (Phi) is 5.78. The molecule has 1 N–H and O–H groups in total. The van der Waals surface area contributed by atoms with E-state index in [1.165, 1.54) is 26.4 Å². The summed E-state index contributed by atoms with van der Waals surface area (Å²) in [7, 11) is 3.11. The Morgan fingerprint density at radius 1 is 1.00 bits per heavy atom. The molecule has 1 fully saturated rings. The fourth-order valence-corrected chi connectivity index (χ4v) is 3.43. The molecular formula is C21H24N6O3. The van der Waals surface area contributed by atoms with E-state index < -0.39 is 0 Å².